The van der Waals surface area contributed by atoms with E-state index in [0.717, 1.165) is 0 Å². The highest BCUT2D eigenvalue weighted by atomic mass is 16.6. The number of methoxy groups -OCH3 is 1. The summed E-state index contributed by atoms with van der Waals surface area (Å²) in [7, 11) is 1.56. The monoisotopic (exact) mass is 418 g/mol. The molecule has 0 bridgehead atoms. The molecule has 2 heterocycles. The minimum atomic E-state index is -0.503. The summed E-state index contributed by atoms with van der Waals surface area (Å²) in [5.74, 6) is -0.291. The van der Waals surface area contributed by atoms with Crippen molar-refractivity contribution in [2.45, 2.75) is 12.2 Å². The lowest BCUT2D eigenvalue weighted by Gasteiger charge is -2.20. The quantitative estimate of drug-likeness (QED) is 0.592. The molecule has 0 spiro atoms. The number of anilines is 3. The summed E-state index contributed by atoms with van der Waals surface area (Å²) >= 11 is 0. The van der Waals surface area contributed by atoms with Crippen molar-refractivity contribution in [2.24, 2.45) is 0 Å². The summed E-state index contributed by atoms with van der Waals surface area (Å²) in [6.07, 6.45) is 0.216. The first-order chi connectivity index (χ1) is 15.1. The number of nitrogen functional groups attached to an aromatic ring is 1. The number of pyridine rings is 1. The number of cyclic esters (lactones) is 1. The third-order valence-corrected chi connectivity index (χ3v) is 5.06. The molecule has 3 aromatic rings. The Kier molecular flexibility index (Phi) is 5.81. The van der Waals surface area contributed by atoms with Crippen molar-refractivity contribution in [3.05, 3.63) is 84.2 Å². The number of aromatic nitrogens is 1. The zero-order valence-corrected chi connectivity index (χ0v) is 16.9. The smallest absolute Gasteiger partial charge is 0.414 e. The minimum Gasteiger partial charge on any atom is -0.441 e. The average molecular weight is 418 g/mol. The van der Waals surface area contributed by atoms with E-state index in [0.29, 0.717) is 34.9 Å². The maximum atomic E-state index is 12.5. The molecule has 1 saturated heterocycles. The van der Waals surface area contributed by atoms with Crippen LogP contribution < -0.4 is 16.0 Å². The maximum absolute atomic E-state index is 12.5. The molecule has 0 saturated carbocycles. The molecule has 2 aromatic carbocycles. The van der Waals surface area contributed by atoms with E-state index in [2.05, 4.69) is 10.3 Å². The predicted molar refractivity (Wildman–Crippen MR) is 117 cm³/mol. The third-order valence-electron chi connectivity index (χ3n) is 5.06. The zero-order valence-electron chi connectivity index (χ0n) is 16.9. The lowest BCUT2D eigenvalue weighted by atomic mass is 10.1. The summed E-state index contributed by atoms with van der Waals surface area (Å²) in [6, 6.07) is 19.2. The fourth-order valence-electron chi connectivity index (χ4n) is 3.46. The van der Waals surface area contributed by atoms with Gasteiger partial charge in [0.05, 0.1) is 23.6 Å². The van der Waals surface area contributed by atoms with Crippen LogP contribution >= 0.6 is 0 Å². The molecule has 2 amide bonds. The zero-order chi connectivity index (χ0) is 21.8. The number of nitrogens with one attached hydrogen (secondary N) is 1. The van der Waals surface area contributed by atoms with Crippen LogP contribution in [0, 0.1) is 0 Å². The predicted octanol–water partition coefficient (Wildman–Crippen LogP) is 3.63. The van der Waals surface area contributed by atoms with Gasteiger partial charge in [0.25, 0.3) is 5.91 Å². The third kappa shape index (κ3) is 4.34. The van der Waals surface area contributed by atoms with Gasteiger partial charge in [-0.05, 0) is 48.5 Å². The van der Waals surface area contributed by atoms with Crippen LogP contribution in [0.1, 0.15) is 22.2 Å². The van der Waals surface area contributed by atoms with Crippen LogP contribution in [0.2, 0.25) is 0 Å². The standard InChI is InChI=1S/C23H22N4O4/c1-30-21(19-8-4-5-13-25-19)20-14-27(23(29)31-20)16-11-9-15(10-12-16)22(28)26-18-7-3-2-6-17(18)24/h2-13,20-21H,14,24H2,1H3,(H,26,28). The normalized spacial score (nSPS) is 16.6. The molecule has 158 valence electrons. The van der Waals surface area contributed by atoms with E-state index >= 15 is 0 Å². The van der Waals surface area contributed by atoms with Gasteiger partial charge in [-0.1, -0.05) is 18.2 Å². The molecule has 4 rings (SSSR count). The first kappa shape index (κ1) is 20.4. The number of hydrogen-bond acceptors (Lipinski definition) is 6. The molecule has 2 unspecified atom stereocenters. The summed E-state index contributed by atoms with van der Waals surface area (Å²) in [5, 5.41) is 2.78. The lowest BCUT2D eigenvalue weighted by Crippen LogP contribution is -2.28. The van der Waals surface area contributed by atoms with Crippen LogP contribution in [-0.4, -0.2) is 36.7 Å². The number of para-hydroxylation sites is 2. The van der Waals surface area contributed by atoms with Gasteiger partial charge >= 0.3 is 6.09 Å². The Morgan fingerprint density at radius 3 is 2.58 bits per heavy atom. The SMILES string of the molecule is COC(c1ccccn1)C1CN(c2ccc(C(=O)Nc3ccccc3N)cc2)C(=O)O1. The maximum Gasteiger partial charge on any atom is 0.414 e. The number of carbonyl (C=O) groups excluding carboxylic acids is 2. The van der Waals surface area contributed by atoms with Crippen molar-refractivity contribution in [1.82, 2.24) is 4.98 Å². The van der Waals surface area contributed by atoms with Crippen LogP contribution in [0.4, 0.5) is 21.9 Å². The minimum absolute atomic E-state index is 0.291. The number of nitrogens with two attached hydrogens (primary N) is 1. The van der Waals surface area contributed by atoms with E-state index in [4.69, 9.17) is 15.2 Å². The highest BCUT2D eigenvalue weighted by Crippen LogP contribution is 2.30. The van der Waals surface area contributed by atoms with Gasteiger partial charge in [0.1, 0.15) is 6.10 Å². The van der Waals surface area contributed by atoms with Crippen molar-refractivity contribution in [2.75, 3.05) is 29.6 Å². The summed E-state index contributed by atoms with van der Waals surface area (Å²) < 4.78 is 11.1. The Hall–Kier alpha value is -3.91. The van der Waals surface area contributed by atoms with Gasteiger partial charge in [0, 0.05) is 24.6 Å². The number of rotatable bonds is 6. The number of ether oxygens (including phenoxy) is 2. The number of nitrogens with zero attached hydrogens (tertiary/aromatic N) is 2. The van der Waals surface area contributed by atoms with Gasteiger partial charge in [-0.15, -0.1) is 0 Å². The highest BCUT2D eigenvalue weighted by Gasteiger charge is 2.39. The molecule has 1 aliphatic rings. The van der Waals surface area contributed by atoms with E-state index in [1.807, 2.05) is 18.2 Å². The van der Waals surface area contributed by atoms with E-state index < -0.39 is 18.3 Å². The first-order valence-electron chi connectivity index (χ1n) is 9.74. The molecule has 0 aliphatic carbocycles. The largest absolute Gasteiger partial charge is 0.441 e. The van der Waals surface area contributed by atoms with Crippen LogP contribution in [0.15, 0.2) is 72.9 Å². The van der Waals surface area contributed by atoms with Crippen molar-refractivity contribution in [3.63, 3.8) is 0 Å². The van der Waals surface area contributed by atoms with Gasteiger partial charge in [0.2, 0.25) is 0 Å². The van der Waals surface area contributed by atoms with Crippen LogP contribution in [-0.2, 0) is 9.47 Å². The molecular formula is C23H22N4O4. The van der Waals surface area contributed by atoms with E-state index in [1.165, 1.54) is 4.90 Å². The molecular weight excluding hydrogens is 396 g/mol. The average Bonchev–Trinajstić information content (AvgIpc) is 3.18. The molecule has 8 heteroatoms. The number of benzene rings is 2. The van der Waals surface area contributed by atoms with Gasteiger partial charge in [-0.3, -0.25) is 14.7 Å². The Morgan fingerprint density at radius 2 is 1.90 bits per heavy atom. The Balaban J connectivity index is 1.46. The van der Waals surface area contributed by atoms with Crippen molar-refractivity contribution >= 4 is 29.1 Å². The number of carbonyl (C=O) groups is 2. The summed E-state index contributed by atoms with van der Waals surface area (Å²) in [4.78, 5) is 30.8. The van der Waals surface area contributed by atoms with Gasteiger partial charge in [0.15, 0.2) is 6.10 Å². The molecule has 1 aromatic heterocycles. The second-order valence-corrected chi connectivity index (χ2v) is 7.03. The highest BCUT2D eigenvalue weighted by molar-refractivity contribution is 6.06. The van der Waals surface area contributed by atoms with Crippen LogP contribution in [0.25, 0.3) is 0 Å². The van der Waals surface area contributed by atoms with Gasteiger partial charge in [-0.2, -0.15) is 0 Å². The Labute approximate surface area is 179 Å². The molecule has 3 N–H and O–H groups in total. The molecule has 1 fully saturated rings. The molecule has 2 atom stereocenters. The topological polar surface area (TPSA) is 107 Å². The Bertz CT molecular complexity index is 1070. The van der Waals surface area contributed by atoms with E-state index in [-0.39, 0.29) is 5.91 Å². The fourth-order valence-corrected chi connectivity index (χ4v) is 3.46. The fraction of sp³-hybridized carbons (Fsp3) is 0.174. The lowest BCUT2D eigenvalue weighted by molar-refractivity contribution is -0.00217. The van der Waals surface area contributed by atoms with Crippen molar-refractivity contribution < 1.29 is 19.1 Å². The van der Waals surface area contributed by atoms with E-state index in [1.54, 1.807) is 61.8 Å². The summed E-state index contributed by atoms with van der Waals surface area (Å²) in [6.45, 7) is 0.306. The Morgan fingerprint density at radius 1 is 1.16 bits per heavy atom. The van der Waals surface area contributed by atoms with Gasteiger partial charge in [-0.25, -0.2) is 4.79 Å². The number of hydrogen-bond donors (Lipinski definition) is 2. The van der Waals surface area contributed by atoms with Crippen LogP contribution in [0.3, 0.4) is 0 Å². The summed E-state index contributed by atoms with van der Waals surface area (Å²) in [5.41, 5.74) is 8.66. The molecule has 31 heavy (non-hydrogen) atoms. The van der Waals surface area contributed by atoms with E-state index in [9.17, 15) is 9.59 Å². The second kappa shape index (κ2) is 8.85. The molecule has 1 aliphatic heterocycles. The second-order valence-electron chi connectivity index (χ2n) is 7.03. The molecule has 0 radical (unpaired) electrons. The number of amides is 2. The molecule has 8 nitrogen and oxygen atoms in total. The van der Waals surface area contributed by atoms with Crippen LogP contribution in [0.5, 0.6) is 0 Å². The first-order valence-corrected chi connectivity index (χ1v) is 9.74. The van der Waals surface area contributed by atoms with Crippen molar-refractivity contribution in [1.29, 1.82) is 0 Å². The van der Waals surface area contributed by atoms with Crippen molar-refractivity contribution in [3.8, 4) is 0 Å². The van der Waals surface area contributed by atoms with Gasteiger partial charge < -0.3 is 20.5 Å².